The fourth-order valence-corrected chi connectivity index (χ4v) is 7.87. The molecule has 4 heteroatoms. The maximum Gasteiger partial charge on any atom is 0.338 e. The second-order valence-corrected chi connectivity index (χ2v) is 11.1. The monoisotopic (exact) mass is 436 g/mol. The minimum atomic E-state index is -0.204. The summed E-state index contributed by atoms with van der Waals surface area (Å²) in [7, 11) is 0. The Morgan fingerprint density at radius 3 is 2.47 bits per heavy atom. The zero-order chi connectivity index (χ0) is 22.5. The van der Waals surface area contributed by atoms with Crippen LogP contribution < -0.4 is 0 Å². The fraction of sp³-hybridized carbons (Fsp3) is 0.643. The molecule has 172 valence electrons. The summed E-state index contributed by atoms with van der Waals surface area (Å²) in [6.07, 6.45) is 11.1. The summed E-state index contributed by atoms with van der Waals surface area (Å²) in [6.45, 7) is 6.38. The number of hydrogen-bond acceptors (Lipinski definition) is 4. The lowest BCUT2D eigenvalue weighted by atomic mass is 9.48. The molecule has 5 unspecified atom stereocenters. The Balaban J connectivity index is 1.31. The van der Waals surface area contributed by atoms with Gasteiger partial charge < -0.3 is 9.47 Å². The van der Waals surface area contributed by atoms with Gasteiger partial charge in [0.2, 0.25) is 0 Å². The lowest BCUT2D eigenvalue weighted by Gasteiger charge is -2.57. The van der Waals surface area contributed by atoms with Gasteiger partial charge in [0.25, 0.3) is 0 Å². The van der Waals surface area contributed by atoms with Crippen LogP contribution in [0.15, 0.2) is 42.0 Å². The number of carbonyl (C=O) groups excluding carboxylic acids is 2. The summed E-state index contributed by atoms with van der Waals surface area (Å²) >= 11 is 0. The summed E-state index contributed by atoms with van der Waals surface area (Å²) in [6, 6.07) is 9.32. The number of allylic oxidation sites excluding steroid dienone is 1. The first-order valence-corrected chi connectivity index (χ1v) is 12.4. The van der Waals surface area contributed by atoms with Crippen LogP contribution in [0.2, 0.25) is 0 Å². The first-order chi connectivity index (χ1) is 15.3. The van der Waals surface area contributed by atoms with Crippen molar-refractivity contribution in [3.8, 4) is 0 Å². The van der Waals surface area contributed by atoms with Crippen molar-refractivity contribution in [3.63, 3.8) is 0 Å². The van der Waals surface area contributed by atoms with Crippen LogP contribution in [0.25, 0.3) is 0 Å². The largest absolute Gasteiger partial charge is 0.462 e. The smallest absolute Gasteiger partial charge is 0.338 e. The van der Waals surface area contributed by atoms with Gasteiger partial charge in [-0.2, -0.15) is 0 Å². The van der Waals surface area contributed by atoms with E-state index in [0.717, 1.165) is 38.5 Å². The van der Waals surface area contributed by atoms with Crippen LogP contribution in [0, 0.1) is 28.6 Å². The molecule has 32 heavy (non-hydrogen) atoms. The van der Waals surface area contributed by atoms with Crippen LogP contribution in [0.4, 0.5) is 0 Å². The topological polar surface area (TPSA) is 52.6 Å². The van der Waals surface area contributed by atoms with Crippen molar-refractivity contribution in [2.45, 2.75) is 84.3 Å². The molecule has 4 nitrogen and oxygen atoms in total. The van der Waals surface area contributed by atoms with Crippen molar-refractivity contribution >= 4 is 11.9 Å². The molecule has 0 aromatic heterocycles. The maximum absolute atomic E-state index is 12.6. The number of hydrogen-bond donors (Lipinski definition) is 0. The Bertz CT molecular complexity index is 921. The second-order valence-electron chi connectivity index (χ2n) is 11.1. The number of ether oxygens (including phenoxy) is 2. The van der Waals surface area contributed by atoms with E-state index in [0.29, 0.717) is 23.3 Å². The van der Waals surface area contributed by atoms with Gasteiger partial charge >= 0.3 is 11.9 Å². The standard InChI is InChI=1S/C28H36O4/c1-18(29)31-25-12-11-23-22-10-9-20-17-21(32-26(30)19-7-5-4-6-8-19)13-15-27(20,2)24(22)14-16-28(23,25)3/h4-9,21-25H,10-17H2,1-3H3/t21?,22?,23?,24?,25?,27-,28-/m0/s1. The van der Waals surface area contributed by atoms with Gasteiger partial charge in [-0.15, -0.1) is 0 Å². The van der Waals surface area contributed by atoms with E-state index in [1.807, 2.05) is 30.3 Å². The molecule has 0 N–H and O–H groups in total. The van der Waals surface area contributed by atoms with E-state index in [1.165, 1.54) is 18.4 Å². The van der Waals surface area contributed by atoms with Crippen molar-refractivity contribution in [2.75, 3.05) is 0 Å². The van der Waals surface area contributed by atoms with Crippen LogP contribution >= 0.6 is 0 Å². The van der Waals surface area contributed by atoms with E-state index in [-0.39, 0.29) is 35.0 Å². The maximum atomic E-state index is 12.6. The van der Waals surface area contributed by atoms with Gasteiger partial charge in [-0.3, -0.25) is 4.79 Å². The molecule has 7 atom stereocenters. The average Bonchev–Trinajstić information content (AvgIpc) is 3.10. The molecule has 0 bridgehead atoms. The zero-order valence-corrected chi connectivity index (χ0v) is 19.6. The lowest BCUT2D eigenvalue weighted by Crippen LogP contribution is -2.51. The normalized spacial score (nSPS) is 40.3. The molecule has 4 aliphatic carbocycles. The predicted molar refractivity (Wildman–Crippen MR) is 123 cm³/mol. The summed E-state index contributed by atoms with van der Waals surface area (Å²) < 4.78 is 11.7. The van der Waals surface area contributed by atoms with Gasteiger partial charge in [-0.25, -0.2) is 4.79 Å². The molecule has 3 fully saturated rings. The van der Waals surface area contributed by atoms with E-state index >= 15 is 0 Å². The van der Waals surface area contributed by atoms with Crippen LogP contribution in [0.5, 0.6) is 0 Å². The highest BCUT2D eigenvalue weighted by molar-refractivity contribution is 5.89. The second kappa shape index (κ2) is 8.04. The fourth-order valence-electron chi connectivity index (χ4n) is 7.87. The highest BCUT2D eigenvalue weighted by Gasteiger charge is 2.59. The van der Waals surface area contributed by atoms with Gasteiger partial charge in [0.05, 0.1) is 5.56 Å². The molecular formula is C28H36O4. The van der Waals surface area contributed by atoms with Gasteiger partial charge in [0.15, 0.2) is 0 Å². The van der Waals surface area contributed by atoms with Gasteiger partial charge in [0, 0.05) is 18.8 Å². The third kappa shape index (κ3) is 3.50. The summed E-state index contributed by atoms with van der Waals surface area (Å²) in [5.41, 5.74) is 2.47. The van der Waals surface area contributed by atoms with Crippen LogP contribution in [-0.2, 0) is 14.3 Å². The average molecular weight is 437 g/mol. The third-order valence-electron chi connectivity index (χ3n) is 9.56. The Hall–Kier alpha value is -2.10. The number of carbonyl (C=O) groups is 2. The minimum absolute atomic E-state index is 0.0211. The van der Waals surface area contributed by atoms with E-state index in [9.17, 15) is 9.59 Å². The first-order valence-electron chi connectivity index (χ1n) is 12.4. The lowest BCUT2D eigenvalue weighted by molar-refractivity contribution is -0.156. The molecule has 0 aliphatic heterocycles. The van der Waals surface area contributed by atoms with Gasteiger partial charge in [-0.05, 0) is 80.2 Å². The van der Waals surface area contributed by atoms with Crippen LogP contribution in [-0.4, -0.2) is 24.1 Å². The van der Waals surface area contributed by atoms with Gasteiger partial charge in [0.1, 0.15) is 12.2 Å². The molecule has 0 heterocycles. The highest BCUT2D eigenvalue weighted by Crippen LogP contribution is 2.65. The third-order valence-corrected chi connectivity index (χ3v) is 9.56. The minimum Gasteiger partial charge on any atom is -0.462 e. The van der Waals surface area contributed by atoms with Crippen molar-refractivity contribution in [2.24, 2.45) is 28.6 Å². The Morgan fingerprint density at radius 2 is 1.72 bits per heavy atom. The summed E-state index contributed by atoms with van der Waals surface area (Å²) in [5.74, 6) is 1.65. The Kier molecular flexibility index (Phi) is 5.46. The van der Waals surface area contributed by atoms with Crippen molar-refractivity contribution < 1.29 is 19.1 Å². The predicted octanol–water partition coefficient (Wildman–Crippen LogP) is 6.11. The molecule has 1 aromatic carbocycles. The Morgan fingerprint density at radius 1 is 0.938 bits per heavy atom. The Labute approximate surface area is 191 Å². The van der Waals surface area contributed by atoms with Crippen molar-refractivity contribution in [1.29, 1.82) is 0 Å². The number of fused-ring (bicyclic) bond motifs is 5. The molecule has 0 radical (unpaired) electrons. The number of rotatable bonds is 3. The quantitative estimate of drug-likeness (QED) is 0.424. The number of benzene rings is 1. The molecule has 1 aromatic rings. The number of esters is 2. The highest BCUT2D eigenvalue weighted by atomic mass is 16.5. The van der Waals surface area contributed by atoms with Crippen LogP contribution in [0.1, 0.15) is 82.5 Å². The van der Waals surface area contributed by atoms with Gasteiger partial charge in [-0.1, -0.05) is 43.7 Å². The summed E-state index contributed by atoms with van der Waals surface area (Å²) in [5, 5.41) is 0. The molecule has 5 rings (SSSR count). The van der Waals surface area contributed by atoms with E-state index in [1.54, 1.807) is 6.92 Å². The van der Waals surface area contributed by atoms with Crippen LogP contribution in [0.3, 0.4) is 0 Å². The molecule has 4 aliphatic rings. The van der Waals surface area contributed by atoms with E-state index in [4.69, 9.17) is 9.47 Å². The molecule has 3 saturated carbocycles. The molecular weight excluding hydrogens is 400 g/mol. The molecule has 0 saturated heterocycles. The first kappa shape index (κ1) is 21.7. The SMILES string of the molecule is CC(=O)OC1CCC2C3CC=C4CC(OC(=O)c5ccccc5)CC[C@]4(C)C3CC[C@]12C. The van der Waals surface area contributed by atoms with Crippen molar-refractivity contribution in [3.05, 3.63) is 47.5 Å². The molecule has 0 amide bonds. The zero-order valence-electron chi connectivity index (χ0n) is 19.6. The molecule has 0 spiro atoms. The van der Waals surface area contributed by atoms with E-state index in [2.05, 4.69) is 19.9 Å². The van der Waals surface area contributed by atoms with Crippen molar-refractivity contribution in [1.82, 2.24) is 0 Å². The van der Waals surface area contributed by atoms with E-state index < -0.39 is 0 Å². The summed E-state index contributed by atoms with van der Waals surface area (Å²) in [4.78, 5) is 24.2.